The zero-order chi connectivity index (χ0) is 10.8. The largest absolute Gasteiger partial charge is 0.493 e. The molecule has 1 aliphatic heterocycles. The molecule has 0 spiro atoms. The van der Waals surface area contributed by atoms with E-state index in [0.717, 1.165) is 17.7 Å². The molecule has 80 valence electrons. The van der Waals surface area contributed by atoms with Crippen LogP contribution in [-0.4, -0.2) is 18.8 Å². The summed E-state index contributed by atoms with van der Waals surface area (Å²) in [6, 6.07) is 5.16. The Morgan fingerprint density at radius 3 is 3.00 bits per heavy atom. The minimum atomic E-state index is -2.88. The summed E-state index contributed by atoms with van der Waals surface area (Å²) in [6.07, 6.45) is -2.30. The van der Waals surface area contributed by atoms with E-state index in [1.165, 1.54) is 0 Å². The Bertz CT molecular complexity index is 388. The van der Waals surface area contributed by atoms with Gasteiger partial charge < -0.3 is 4.74 Å². The van der Waals surface area contributed by atoms with Crippen molar-refractivity contribution in [2.75, 3.05) is 6.61 Å². The van der Waals surface area contributed by atoms with Crippen molar-refractivity contribution in [1.29, 1.82) is 0 Å². The average Bonchev–Trinajstić information content (AvgIpc) is 2.64. The standard InChI is InChI=1S/C11H10F2O2/c12-11(13)9(14)6-7-1-2-10-8(5-7)3-4-15-10/h1-2,5,11H,3-4,6H2. The van der Waals surface area contributed by atoms with E-state index in [1.54, 1.807) is 18.2 Å². The van der Waals surface area contributed by atoms with Gasteiger partial charge in [0.25, 0.3) is 6.43 Å². The van der Waals surface area contributed by atoms with E-state index in [1.807, 2.05) is 0 Å². The molecule has 0 fully saturated rings. The summed E-state index contributed by atoms with van der Waals surface area (Å²) in [7, 11) is 0. The summed E-state index contributed by atoms with van der Waals surface area (Å²) < 4.78 is 29.3. The summed E-state index contributed by atoms with van der Waals surface area (Å²) in [6.45, 7) is 0.627. The van der Waals surface area contributed by atoms with Crippen LogP contribution >= 0.6 is 0 Å². The minimum absolute atomic E-state index is 0.203. The predicted octanol–water partition coefficient (Wildman–Crippen LogP) is 2.00. The number of ether oxygens (including phenoxy) is 1. The van der Waals surface area contributed by atoms with Crippen LogP contribution in [0.15, 0.2) is 18.2 Å². The highest BCUT2D eigenvalue weighted by Gasteiger charge is 2.17. The fraction of sp³-hybridized carbons (Fsp3) is 0.364. The molecule has 0 aliphatic carbocycles. The molecule has 0 N–H and O–H groups in total. The average molecular weight is 212 g/mol. The highest BCUT2D eigenvalue weighted by Crippen LogP contribution is 2.26. The molecule has 0 saturated carbocycles. The Kier molecular flexibility index (Phi) is 2.66. The molecule has 0 aromatic heterocycles. The Morgan fingerprint density at radius 1 is 1.47 bits per heavy atom. The lowest BCUT2D eigenvalue weighted by atomic mass is 10.0. The van der Waals surface area contributed by atoms with E-state index < -0.39 is 12.2 Å². The number of carbonyl (C=O) groups is 1. The zero-order valence-electron chi connectivity index (χ0n) is 8.00. The zero-order valence-corrected chi connectivity index (χ0v) is 8.00. The lowest BCUT2D eigenvalue weighted by Gasteiger charge is -2.03. The normalized spacial score (nSPS) is 13.8. The number of hydrogen-bond acceptors (Lipinski definition) is 2. The van der Waals surface area contributed by atoms with Gasteiger partial charge >= 0.3 is 0 Å². The first kappa shape index (κ1) is 10.1. The third kappa shape index (κ3) is 2.14. The lowest BCUT2D eigenvalue weighted by molar-refractivity contribution is -0.128. The van der Waals surface area contributed by atoms with Crippen LogP contribution in [0, 0.1) is 0 Å². The molecule has 4 heteroatoms. The molecule has 1 aliphatic rings. The first-order valence-electron chi connectivity index (χ1n) is 4.72. The highest BCUT2D eigenvalue weighted by molar-refractivity contribution is 5.83. The van der Waals surface area contributed by atoms with Gasteiger partial charge in [-0.05, 0) is 17.2 Å². The Morgan fingerprint density at radius 2 is 2.27 bits per heavy atom. The summed E-state index contributed by atoms with van der Waals surface area (Å²) >= 11 is 0. The molecule has 1 heterocycles. The van der Waals surface area contributed by atoms with Gasteiger partial charge in [0.2, 0.25) is 5.78 Å². The van der Waals surface area contributed by atoms with Crippen molar-refractivity contribution in [2.24, 2.45) is 0 Å². The Hall–Kier alpha value is -1.45. The van der Waals surface area contributed by atoms with E-state index in [2.05, 4.69) is 0 Å². The number of carbonyl (C=O) groups excluding carboxylic acids is 1. The highest BCUT2D eigenvalue weighted by atomic mass is 19.3. The van der Waals surface area contributed by atoms with E-state index in [-0.39, 0.29) is 6.42 Å². The van der Waals surface area contributed by atoms with Crippen molar-refractivity contribution in [3.8, 4) is 5.75 Å². The van der Waals surface area contributed by atoms with Crippen molar-refractivity contribution in [2.45, 2.75) is 19.3 Å². The molecule has 0 unspecified atom stereocenters. The first-order chi connectivity index (χ1) is 7.16. The quantitative estimate of drug-likeness (QED) is 0.766. The maximum absolute atomic E-state index is 12.0. The van der Waals surface area contributed by atoms with Crippen molar-refractivity contribution in [1.82, 2.24) is 0 Å². The third-order valence-corrected chi connectivity index (χ3v) is 2.38. The van der Waals surface area contributed by atoms with Crippen LogP contribution in [0.4, 0.5) is 8.78 Å². The second-order valence-corrected chi connectivity index (χ2v) is 3.48. The number of benzene rings is 1. The summed E-state index contributed by atoms with van der Waals surface area (Å²) in [4.78, 5) is 10.8. The fourth-order valence-corrected chi connectivity index (χ4v) is 1.63. The Labute approximate surface area is 85.9 Å². The van der Waals surface area contributed by atoms with Gasteiger partial charge in [0.1, 0.15) is 5.75 Å². The number of rotatable bonds is 3. The monoisotopic (exact) mass is 212 g/mol. The van der Waals surface area contributed by atoms with Crippen LogP contribution in [0.5, 0.6) is 5.75 Å². The van der Waals surface area contributed by atoms with Gasteiger partial charge in [0.15, 0.2) is 0 Å². The first-order valence-corrected chi connectivity index (χ1v) is 4.72. The topological polar surface area (TPSA) is 26.3 Å². The van der Waals surface area contributed by atoms with E-state index in [0.29, 0.717) is 12.2 Å². The molecule has 1 aromatic rings. The van der Waals surface area contributed by atoms with E-state index in [9.17, 15) is 13.6 Å². The second kappa shape index (κ2) is 3.96. The molecule has 2 rings (SSSR count). The number of hydrogen-bond donors (Lipinski definition) is 0. The molecule has 0 amide bonds. The van der Waals surface area contributed by atoms with Gasteiger partial charge in [0, 0.05) is 12.8 Å². The molecule has 0 atom stereocenters. The molecule has 1 aromatic carbocycles. The van der Waals surface area contributed by atoms with Crippen LogP contribution in [-0.2, 0) is 17.6 Å². The van der Waals surface area contributed by atoms with Gasteiger partial charge in [-0.3, -0.25) is 4.79 Å². The van der Waals surface area contributed by atoms with E-state index in [4.69, 9.17) is 4.74 Å². The summed E-state index contributed by atoms with van der Waals surface area (Å²) in [5.41, 5.74) is 1.62. The predicted molar refractivity (Wildman–Crippen MR) is 50.4 cm³/mol. The number of Topliss-reactive ketones (excluding diaryl/α,β-unsaturated/α-hetero) is 1. The molecule has 15 heavy (non-hydrogen) atoms. The summed E-state index contributed by atoms with van der Waals surface area (Å²) in [5.74, 6) is -0.239. The SMILES string of the molecule is O=C(Cc1ccc2c(c1)CCO2)C(F)F. The van der Waals surface area contributed by atoms with Crippen molar-refractivity contribution in [3.05, 3.63) is 29.3 Å². The van der Waals surface area contributed by atoms with Crippen LogP contribution in [0.1, 0.15) is 11.1 Å². The van der Waals surface area contributed by atoms with Gasteiger partial charge in [-0.15, -0.1) is 0 Å². The number of ketones is 1. The smallest absolute Gasteiger partial charge is 0.296 e. The molecule has 2 nitrogen and oxygen atoms in total. The molecular formula is C11H10F2O2. The van der Waals surface area contributed by atoms with Gasteiger partial charge in [-0.25, -0.2) is 8.78 Å². The van der Waals surface area contributed by atoms with Crippen LogP contribution < -0.4 is 4.74 Å². The number of alkyl halides is 2. The van der Waals surface area contributed by atoms with Gasteiger partial charge in [-0.1, -0.05) is 12.1 Å². The minimum Gasteiger partial charge on any atom is -0.493 e. The van der Waals surface area contributed by atoms with Crippen LogP contribution in [0.25, 0.3) is 0 Å². The van der Waals surface area contributed by atoms with E-state index >= 15 is 0 Å². The molecule has 0 bridgehead atoms. The summed E-state index contributed by atoms with van der Waals surface area (Å²) in [5, 5.41) is 0. The third-order valence-electron chi connectivity index (χ3n) is 2.38. The fourth-order valence-electron chi connectivity index (χ4n) is 1.63. The molecule has 0 saturated heterocycles. The Balaban J connectivity index is 2.13. The number of fused-ring (bicyclic) bond motifs is 1. The lowest BCUT2D eigenvalue weighted by Crippen LogP contribution is -2.12. The van der Waals surface area contributed by atoms with Gasteiger partial charge in [0.05, 0.1) is 6.61 Å². The number of halogens is 2. The molecular weight excluding hydrogens is 202 g/mol. The maximum atomic E-state index is 12.0. The van der Waals surface area contributed by atoms with Crippen molar-refractivity contribution >= 4 is 5.78 Å². The van der Waals surface area contributed by atoms with Crippen molar-refractivity contribution in [3.63, 3.8) is 0 Å². The van der Waals surface area contributed by atoms with Gasteiger partial charge in [-0.2, -0.15) is 0 Å². The molecule has 0 radical (unpaired) electrons. The van der Waals surface area contributed by atoms with Crippen molar-refractivity contribution < 1.29 is 18.3 Å². The maximum Gasteiger partial charge on any atom is 0.296 e. The van der Waals surface area contributed by atoms with Crippen LogP contribution in [0.2, 0.25) is 0 Å². The second-order valence-electron chi connectivity index (χ2n) is 3.48. The van der Waals surface area contributed by atoms with Crippen LogP contribution in [0.3, 0.4) is 0 Å².